The third-order valence-corrected chi connectivity index (χ3v) is 3.10. The fourth-order valence-electron chi connectivity index (χ4n) is 2.27. The maximum absolute atomic E-state index is 12.1. The second-order valence-corrected chi connectivity index (χ2v) is 4.36. The van der Waals surface area contributed by atoms with E-state index in [2.05, 4.69) is 4.98 Å². The van der Waals surface area contributed by atoms with Crippen LogP contribution in [0.2, 0.25) is 0 Å². The van der Waals surface area contributed by atoms with Gasteiger partial charge >= 0.3 is 5.97 Å². The Hall–Kier alpha value is -2.62. The lowest BCUT2D eigenvalue weighted by atomic mass is 10.2. The number of ether oxygens (including phenoxy) is 1. The largest absolute Gasteiger partial charge is 0.461 e. The molecule has 0 aliphatic carbocycles. The molecule has 20 heavy (non-hydrogen) atoms. The Bertz CT molecular complexity index is 748. The predicted molar refractivity (Wildman–Crippen MR) is 77.0 cm³/mol. The molecule has 3 rings (SSSR count). The summed E-state index contributed by atoms with van der Waals surface area (Å²) in [6.45, 7) is 2.16. The summed E-state index contributed by atoms with van der Waals surface area (Å²) in [6.07, 6.45) is 3.44. The maximum Gasteiger partial charge on any atom is 0.355 e. The minimum Gasteiger partial charge on any atom is -0.461 e. The molecule has 0 aliphatic rings. The number of rotatable bonds is 3. The average molecular weight is 266 g/mol. The van der Waals surface area contributed by atoms with Gasteiger partial charge in [-0.3, -0.25) is 4.98 Å². The van der Waals surface area contributed by atoms with Crippen molar-refractivity contribution in [2.75, 3.05) is 6.61 Å². The van der Waals surface area contributed by atoms with E-state index < -0.39 is 0 Å². The molecular weight excluding hydrogens is 252 g/mol. The first-order valence-corrected chi connectivity index (χ1v) is 6.49. The Morgan fingerprint density at radius 1 is 1.25 bits per heavy atom. The van der Waals surface area contributed by atoms with Crippen LogP contribution in [0.3, 0.4) is 0 Å². The van der Waals surface area contributed by atoms with E-state index in [1.807, 2.05) is 47.0 Å². The lowest BCUT2D eigenvalue weighted by molar-refractivity contribution is 0.0517. The Balaban J connectivity index is 2.26. The number of hydrogen-bond donors (Lipinski definition) is 0. The van der Waals surface area contributed by atoms with Crippen LogP contribution in [0, 0.1) is 0 Å². The highest BCUT2D eigenvalue weighted by Gasteiger charge is 2.17. The number of nitrogens with zero attached hydrogens (tertiary/aromatic N) is 2. The van der Waals surface area contributed by atoms with Crippen molar-refractivity contribution in [1.29, 1.82) is 0 Å². The number of esters is 1. The van der Waals surface area contributed by atoms with Gasteiger partial charge < -0.3 is 9.30 Å². The minimum absolute atomic E-state index is 0.326. The van der Waals surface area contributed by atoms with E-state index >= 15 is 0 Å². The number of hydrogen-bond acceptors (Lipinski definition) is 3. The predicted octanol–water partition coefficient (Wildman–Crippen LogP) is 3.20. The lowest BCUT2D eigenvalue weighted by Gasteiger charge is -2.09. The smallest absolute Gasteiger partial charge is 0.355 e. The van der Waals surface area contributed by atoms with E-state index in [9.17, 15) is 4.79 Å². The monoisotopic (exact) mass is 266 g/mol. The van der Waals surface area contributed by atoms with Crippen LogP contribution in [-0.2, 0) is 4.74 Å². The lowest BCUT2D eigenvalue weighted by Crippen LogP contribution is -2.11. The molecule has 100 valence electrons. The van der Waals surface area contributed by atoms with Gasteiger partial charge in [0.25, 0.3) is 0 Å². The molecule has 0 bridgehead atoms. The first kappa shape index (κ1) is 12.4. The SMILES string of the molecule is CCOC(=O)c1cc2ccccc2n1-c1cccnc1. The Morgan fingerprint density at radius 3 is 2.85 bits per heavy atom. The maximum atomic E-state index is 12.1. The first-order chi connectivity index (χ1) is 9.81. The number of carbonyl (C=O) groups is 1. The summed E-state index contributed by atoms with van der Waals surface area (Å²) in [4.78, 5) is 16.3. The molecule has 2 heterocycles. The molecule has 0 saturated carbocycles. The summed E-state index contributed by atoms with van der Waals surface area (Å²) in [5.41, 5.74) is 2.32. The molecular formula is C16H14N2O2. The van der Waals surface area contributed by atoms with Crippen molar-refractivity contribution >= 4 is 16.9 Å². The van der Waals surface area contributed by atoms with Gasteiger partial charge in [-0.2, -0.15) is 0 Å². The fourth-order valence-corrected chi connectivity index (χ4v) is 2.27. The van der Waals surface area contributed by atoms with E-state index in [-0.39, 0.29) is 5.97 Å². The summed E-state index contributed by atoms with van der Waals surface area (Å²) in [7, 11) is 0. The van der Waals surface area contributed by atoms with Crippen LogP contribution < -0.4 is 0 Å². The Kier molecular flexibility index (Phi) is 3.21. The van der Waals surface area contributed by atoms with Crippen LogP contribution in [0.15, 0.2) is 54.9 Å². The highest BCUT2D eigenvalue weighted by atomic mass is 16.5. The molecule has 2 aromatic heterocycles. The van der Waals surface area contributed by atoms with Crippen LogP contribution in [0.25, 0.3) is 16.6 Å². The third-order valence-electron chi connectivity index (χ3n) is 3.10. The number of aromatic nitrogens is 2. The summed E-state index contributed by atoms with van der Waals surface area (Å²) in [5.74, 6) is -0.326. The van der Waals surface area contributed by atoms with Gasteiger partial charge in [0.05, 0.1) is 24.0 Å². The third kappa shape index (κ3) is 2.05. The molecule has 0 atom stereocenters. The van der Waals surface area contributed by atoms with E-state index in [4.69, 9.17) is 4.74 Å². The number of fused-ring (bicyclic) bond motifs is 1. The van der Waals surface area contributed by atoms with Crippen LogP contribution in [-0.4, -0.2) is 22.1 Å². The zero-order valence-corrected chi connectivity index (χ0v) is 11.1. The Morgan fingerprint density at radius 2 is 2.10 bits per heavy atom. The van der Waals surface area contributed by atoms with E-state index in [1.165, 1.54) is 0 Å². The van der Waals surface area contributed by atoms with Crippen molar-refractivity contribution in [3.63, 3.8) is 0 Å². The summed E-state index contributed by atoms with van der Waals surface area (Å²) < 4.78 is 7.01. The minimum atomic E-state index is -0.326. The Labute approximate surface area is 116 Å². The van der Waals surface area contributed by atoms with Crippen molar-refractivity contribution in [3.8, 4) is 5.69 Å². The number of carbonyl (C=O) groups excluding carboxylic acids is 1. The summed E-state index contributed by atoms with van der Waals surface area (Å²) in [6, 6.07) is 13.5. The second-order valence-electron chi connectivity index (χ2n) is 4.36. The van der Waals surface area contributed by atoms with Gasteiger partial charge in [0.15, 0.2) is 0 Å². The van der Waals surface area contributed by atoms with Crippen molar-refractivity contribution < 1.29 is 9.53 Å². The zero-order chi connectivity index (χ0) is 13.9. The molecule has 0 N–H and O–H groups in total. The van der Waals surface area contributed by atoms with Crippen LogP contribution in [0.5, 0.6) is 0 Å². The molecule has 0 unspecified atom stereocenters. The topological polar surface area (TPSA) is 44.1 Å². The van der Waals surface area contributed by atoms with E-state index in [0.717, 1.165) is 16.6 Å². The summed E-state index contributed by atoms with van der Waals surface area (Å²) >= 11 is 0. The molecule has 4 nitrogen and oxygen atoms in total. The van der Waals surface area contributed by atoms with Crippen LogP contribution in [0.4, 0.5) is 0 Å². The van der Waals surface area contributed by atoms with Gasteiger partial charge in [-0.15, -0.1) is 0 Å². The number of para-hydroxylation sites is 1. The molecule has 3 aromatic rings. The zero-order valence-electron chi connectivity index (χ0n) is 11.1. The standard InChI is InChI=1S/C16H14N2O2/c1-2-20-16(19)15-10-12-6-3-4-8-14(12)18(15)13-7-5-9-17-11-13/h3-11H,2H2,1H3. The van der Waals surface area contributed by atoms with Crippen molar-refractivity contribution in [2.45, 2.75) is 6.92 Å². The van der Waals surface area contributed by atoms with Crippen molar-refractivity contribution in [3.05, 3.63) is 60.6 Å². The van der Waals surface area contributed by atoms with Crippen molar-refractivity contribution in [2.24, 2.45) is 0 Å². The molecule has 0 amide bonds. The van der Waals surface area contributed by atoms with Gasteiger partial charge in [0.2, 0.25) is 0 Å². The normalized spacial score (nSPS) is 10.7. The average Bonchev–Trinajstić information content (AvgIpc) is 2.88. The van der Waals surface area contributed by atoms with Gasteiger partial charge in [0, 0.05) is 11.6 Å². The molecule has 0 fully saturated rings. The van der Waals surface area contributed by atoms with E-state index in [1.54, 1.807) is 19.3 Å². The van der Waals surface area contributed by atoms with Crippen LogP contribution >= 0.6 is 0 Å². The molecule has 0 spiro atoms. The van der Waals surface area contributed by atoms with Gasteiger partial charge in [-0.1, -0.05) is 18.2 Å². The summed E-state index contributed by atoms with van der Waals surface area (Å²) in [5, 5.41) is 0.999. The highest BCUT2D eigenvalue weighted by molar-refractivity contribution is 5.97. The first-order valence-electron chi connectivity index (χ1n) is 6.49. The molecule has 1 aromatic carbocycles. The molecule has 4 heteroatoms. The number of pyridine rings is 1. The van der Waals surface area contributed by atoms with Gasteiger partial charge in [0.1, 0.15) is 5.69 Å². The fraction of sp³-hybridized carbons (Fsp3) is 0.125. The second kappa shape index (κ2) is 5.17. The van der Waals surface area contributed by atoms with Crippen LogP contribution in [0.1, 0.15) is 17.4 Å². The molecule has 0 saturated heterocycles. The van der Waals surface area contributed by atoms with Gasteiger partial charge in [-0.25, -0.2) is 4.79 Å². The van der Waals surface area contributed by atoms with Gasteiger partial charge in [-0.05, 0) is 31.2 Å². The molecule has 0 radical (unpaired) electrons. The molecule has 0 aliphatic heterocycles. The number of benzene rings is 1. The quantitative estimate of drug-likeness (QED) is 0.684. The van der Waals surface area contributed by atoms with E-state index in [0.29, 0.717) is 12.3 Å². The van der Waals surface area contributed by atoms with Crippen molar-refractivity contribution in [1.82, 2.24) is 9.55 Å². The highest BCUT2D eigenvalue weighted by Crippen LogP contribution is 2.24.